The van der Waals surface area contributed by atoms with E-state index >= 15 is 0 Å². The van der Waals surface area contributed by atoms with Crippen LogP contribution < -0.4 is 16.0 Å². The molecule has 13 heteroatoms. The minimum Gasteiger partial charge on any atom is -0.459 e. The summed E-state index contributed by atoms with van der Waals surface area (Å²) in [4.78, 5) is 66.9. The van der Waals surface area contributed by atoms with Gasteiger partial charge in [-0.15, -0.1) is 0 Å². The second kappa shape index (κ2) is 12.5. The number of esters is 1. The van der Waals surface area contributed by atoms with Gasteiger partial charge in [-0.05, 0) is 75.4 Å². The van der Waals surface area contributed by atoms with Gasteiger partial charge in [0.15, 0.2) is 0 Å². The van der Waals surface area contributed by atoms with Crippen LogP contribution in [-0.2, 0) is 42.4 Å². The molecule has 0 bridgehead atoms. The zero-order chi connectivity index (χ0) is 32.5. The van der Waals surface area contributed by atoms with Gasteiger partial charge in [-0.2, -0.15) is 0 Å². The van der Waals surface area contributed by atoms with Gasteiger partial charge in [0.2, 0.25) is 11.5 Å². The molecule has 0 aromatic heterocycles. The van der Waals surface area contributed by atoms with Gasteiger partial charge in [-0.1, -0.05) is 18.2 Å². The van der Waals surface area contributed by atoms with Crippen LogP contribution in [0.15, 0.2) is 42.5 Å². The fourth-order valence-electron chi connectivity index (χ4n) is 5.97. The lowest BCUT2D eigenvalue weighted by atomic mass is 9.85. The Balaban J connectivity index is 1.27. The molecular formula is C32H38FN5O7. The molecule has 1 heterocycles. The van der Waals surface area contributed by atoms with Gasteiger partial charge in [0, 0.05) is 43.3 Å². The van der Waals surface area contributed by atoms with Gasteiger partial charge in [0.1, 0.15) is 18.0 Å². The summed E-state index contributed by atoms with van der Waals surface area (Å²) in [6.45, 7) is 5.04. The van der Waals surface area contributed by atoms with E-state index in [0.717, 1.165) is 10.5 Å². The van der Waals surface area contributed by atoms with Crippen LogP contribution in [0.4, 0.5) is 19.7 Å². The number of nitrogens with zero attached hydrogens (tertiary/aromatic N) is 2. The van der Waals surface area contributed by atoms with Gasteiger partial charge in [-0.25, -0.2) is 18.9 Å². The average Bonchev–Trinajstić information content (AvgIpc) is 3.43. The zero-order valence-corrected chi connectivity index (χ0v) is 25.8. The van der Waals surface area contributed by atoms with E-state index in [1.54, 1.807) is 56.0 Å². The number of hydrogen-bond acceptors (Lipinski definition) is 8. The highest BCUT2D eigenvalue weighted by atomic mass is 19.1. The summed E-state index contributed by atoms with van der Waals surface area (Å²) in [6, 6.07) is 10.1. The minimum atomic E-state index is -1.53. The van der Waals surface area contributed by atoms with Crippen LogP contribution >= 0.6 is 0 Å². The number of aryl methyl sites for hydroxylation is 1. The summed E-state index contributed by atoms with van der Waals surface area (Å²) in [5, 5.41) is 8.32. The minimum absolute atomic E-state index is 0.0294. The number of hydrogen-bond donors (Lipinski definition) is 3. The Hall–Kier alpha value is -4.52. The quantitative estimate of drug-likeness (QED) is 0.361. The number of nitrogens with one attached hydrogen (secondary N) is 3. The lowest BCUT2D eigenvalue weighted by molar-refractivity contribution is -0.154. The highest BCUT2D eigenvalue weighted by Crippen LogP contribution is 2.46. The molecule has 2 aromatic rings. The van der Waals surface area contributed by atoms with Crippen LogP contribution in [-0.4, -0.2) is 77.5 Å². The molecular weight excluding hydrogens is 585 g/mol. The Labute approximate surface area is 260 Å². The van der Waals surface area contributed by atoms with Crippen molar-refractivity contribution in [2.24, 2.45) is 0 Å². The molecule has 2 aromatic carbocycles. The first-order chi connectivity index (χ1) is 21.3. The second-order valence-corrected chi connectivity index (χ2v) is 12.6. The highest BCUT2D eigenvalue weighted by Gasteiger charge is 2.58. The fraction of sp³-hybridized carbons (Fsp3) is 0.469. The van der Waals surface area contributed by atoms with E-state index in [9.17, 15) is 28.4 Å². The first-order valence-electron chi connectivity index (χ1n) is 14.9. The first-order valence-corrected chi connectivity index (χ1v) is 14.9. The fourth-order valence-corrected chi connectivity index (χ4v) is 5.97. The molecule has 12 nitrogen and oxygen atoms in total. The number of carbonyl (C=O) groups is 5. The van der Waals surface area contributed by atoms with Crippen LogP contribution in [0.2, 0.25) is 0 Å². The third kappa shape index (κ3) is 6.93. The number of ether oxygens (including phenoxy) is 2. The summed E-state index contributed by atoms with van der Waals surface area (Å²) < 4.78 is 24.6. The van der Waals surface area contributed by atoms with E-state index in [-0.39, 0.29) is 37.6 Å². The van der Waals surface area contributed by atoms with Gasteiger partial charge in [0.25, 0.3) is 5.91 Å². The molecule has 1 unspecified atom stereocenters. The smallest absolute Gasteiger partial charge is 0.418 e. The number of rotatable bonds is 9. The van der Waals surface area contributed by atoms with Gasteiger partial charge < -0.3 is 30.3 Å². The summed E-state index contributed by atoms with van der Waals surface area (Å²) in [5.41, 5.74) is 0.374. The molecule has 0 radical (unpaired) electrons. The largest absolute Gasteiger partial charge is 0.459 e. The molecule has 1 atom stereocenters. The van der Waals surface area contributed by atoms with Crippen molar-refractivity contribution in [3.05, 3.63) is 65.0 Å². The summed E-state index contributed by atoms with van der Waals surface area (Å²) in [5.74, 6) is -1.85. The van der Waals surface area contributed by atoms with Crippen molar-refractivity contribution >= 4 is 35.6 Å². The third-order valence-electron chi connectivity index (χ3n) is 8.23. The van der Waals surface area contributed by atoms with Gasteiger partial charge >= 0.3 is 18.1 Å². The van der Waals surface area contributed by atoms with Crippen LogP contribution in [0, 0.1) is 5.82 Å². The normalized spacial score (nSPS) is 22.0. The van der Waals surface area contributed by atoms with E-state index in [0.29, 0.717) is 36.1 Å². The van der Waals surface area contributed by atoms with Crippen molar-refractivity contribution in [3.63, 3.8) is 0 Å². The maximum atomic E-state index is 13.8. The van der Waals surface area contributed by atoms with E-state index < -0.39 is 47.5 Å². The molecule has 45 heavy (non-hydrogen) atoms. The zero-order valence-electron chi connectivity index (χ0n) is 25.8. The molecule has 1 aliphatic heterocycles. The molecule has 1 spiro atoms. The maximum Gasteiger partial charge on any atom is 0.418 e. The maximum absolute atomic E-state index is 13.8. The predicted molar refractivity (Wildman–Crippen MR) is 160 cm³/mol. The highest BCUT2D eigenvalue weighted by molar-refractivity contribution is 6.06. The number of urea groups is 1. The number of carbonyl (C=O) groups excluding carboxylic acids is 5. The first kappa shape index (κ1) is 31.9. The predicted octanol–water partition coefficient (Wildman–Crippen LogP) is 3.19. The molecule has 2 aliphatic carbocycles. The second-order valence-electron chi connectivity index (χ2n) is 12.6. The standard InChI is InChI=1S/C32H38FN5O7/c1-31(2,3)44-27(40)16-35-23-14-24(15-23)37(17-19-5-7-21(33)8-6-19)26(39)18-38-28(41)32(45-30(38)43)12-11-20-13-22(9-10-25(20)32)36-29(42)34-4/h5-10,13,23-24,35H,11-12,14-18H2,1-4H3,(H2,34,36,42). The molecule has 5 amide bonds. The van der Waals surface area contributed by atoms with Gasteiger partial charge in [0.05, 0.1) is 6.54 Å². The van der Waals surface area contributed by atoms with Crippen molar-refractivity contribution in [1.29, 1.82) is 0 Å². The Bertz CT molecular complexity index is 1500. The van der Waals surface area contributed by atoms with Crippen molar-refractivity contribution in [1.82, 2.24) is 20.4 Å². The van der Waals surface area contributed by atoms with Crippen molar-refractivity contribution in [3.8, 4) is 0 Å². The van der Waals surface area contributed by atoms with Gasteiger partial charge in [-0.3, -0.25) is 14.4 Å². The Morgan fingerprint density at radius 1 is 1.11 bits per heavy atom. The summed E-state index contributed by atoms with van der Waals surface area (Å²) >= 11 is 0. The SMILES string of the molecule is CNC(=O)Nc1ccc2c(c1)CCC21OC(=O)N(CC(=O)N(Cc2ccc(F)cc2)C2CC(NCC(=O)OC(C)(C)C)C2)C1=O. The third-order valence-corrected chi connectivity index (χ3v) is 8.23. The molecule has 240 valence electrons. The van der Waals surface area contributed by atoms with Crippen LogP contribution in [0.25, 0.3) is 0 Å². The van der Waals surface area contributed by atoms with E-state index in [2.05, 4.69) is 16.0 Å². The van der Waals surface area contributed by atoms with Crippen molar-refractivity contribution in [2.45, 2.75) is 76.3 Å². The monoisotopic (exact) mass is 623 g/mol. The molecule has 1 saturated carbocycles. The molecule has 5 rings (SSSR count). The summed E-state index contributed by atoms with van der Waals surface area (Å²) in [6.07, 6.45) is 0.834. The van der Waals surface area contributed by atoms with E-state index in [1.165, 1.54) is 19.2 Å². The number of benzene rings is 2. The number of amides is 5. The number of fused-ring (bicyclic) bond motifs is 2. The van der Waals surface area contributed by atoms with Crippen molar-refractivity contribution < 1.29 is 37.8 Å². The number of imide groups is 1. The Kier molecular flexibility index (Phi) is 8.83. The summed E-state index contributed by atoms with van der Waals surface area (Å²) in [7, 11) is 1.50. The van der Waals surface area contributed by atoms with Crippen LogP contribution in [0.1, 0.15) is 56.7 Å². The lowest BCUT2D eigenvalue weighted by Crippen LogP contribution is -2.56. The molecule has 3 aliphatic rings. The lowest BCUT2D eigenvalue weighted by Gasteiger charge is -2.43. The molecule has 3 N–H and O–H groups in total. The van der Waals surface area contributed by atoms with E-state index in [1.807, 2.05) is 0 Å². The topological polar surface area (TPSA) is 146 Å². The van der Waals surface area contributed by atoms with E-state index in [4.69, 9.17) is 9.47 Å². The Morgan fingerprint density at radius 3 is 2.49 bits per heavy atom. The Morgan fingerprint density at radius 2 is 1.82 bits per heavy atom. The molecule has 2 fully saturated rings. The number of halogens is 1. The van der Waals surface area contributed by atoms with Crippen LogP contribution in [0.5, 0.6) is 0 Å². The number of anilines is 1. The van der Waals surface area contributed by atoms with Crippen molar-refractivity contribution in [2.75, 3.05) is 25.5 Å². The molecule has 1 saturated heterocycles. The van der Waals surface area contributed by atoms with Crippen LogP contribution in [0.3, 0.4) is 0 Å². The average molecular weight is 624 g/mol.